The van der Waals surface area contributed by atoms with Crippen molar-refractivity contribution in [3.8, 4) is 5.75 Å². The molecule has 0 aliphatic heterocycles. The van der Waals surface area contributed by atoms with Crippen LogP contribution in [0.3, 0.4) is 0 Å². The summed E-state index contributed by atoms with van der Waals surface area (Å²) < 4.78 is 5.89. The topological polar surface area (TPSA) is 104 Å². The van der Waals surface area contributed by atoms with Gasteiger partial charge < -0.3 is 14.8 Å². The van der Waals surface area contributed by atoms with Gasteiger partial charge in [-0.1, -0.05) is 6.07 Å². The molecule has 31 heavy (non-hydrogen) atoms. The molecule has 1 aromatic carbocycles. The van der Waals surface area contributed by atoms with Crippen molar-refractivity contribution in [1.82, 2.24) is 10.7 Å². The van der Waals surface area contributed by atoms with Crippen LogP contribution < -0.4 is 10.7 Å². The largest absolute Gasteiger partial charge is 0.508 e. The van der Waals surface area contributed by atoms with Gasteiger partial charge in [0.05, 0.1) is 5.71 Å². The minimum atomic E-state index is -0.368. The highest BCUT2D eigenvalue weighted by Crippen LogP contribution is 2.30. The summed E-state index contributed by atoms with van der Waals surface area (Å²) in [5, 5.41) is 18.6. The summed E-state index contributed by atoms with van der Waals surface area (Å²) in [6, 6.07) is 9.99. The van der Waals surface area contributed by atoms with Gasteiger partial charge >= 0.3 is 0 Å². The number of nitrogens with zero attached hydrogens (tertiary/aromatic N) is 1. The van der Waals surface area contributed by atoms with Crippen molar-refractivity contribution in [1.29, 1.82) is 0 Å². The lowest BCUT2D eigenvalue weighted by atomic mass is 9.93. The van der Waals surface area contributed by atoms with Crippen molar-refractivity contribution in [3.63, 3.8) is 0 Å². The highest BCUT2D eigenvalue weighted by atomic mass is 32.1. The smallest absolute Gasteiger partial charge is 0.287 e. The average Bonchev–Trinajstić information content (AvgIpc) is 3.41. The molecule has 0 radical (unpaired) electrons. The Kier molecular flexibility index (Phi) is 6.18. The number of hydrazone groups is 1. The van der Waals surface area contributed by atoms with Crippen molar-refractivity contribution < 1.29 is 19.1 Å². The van der Waals surface area contributed by atoms with Crippen molar-refractivity contribution in [2.24, 2.45) is 5.10 Å². The minimum absolute atomic E-state index is 0.0926. The van der Waals surface area contributed by atoms with Crippen LogP contribution in [0.2, 0.25) is 0 Å². The number of rotatable bonds is 6. The van der Waals surface area contributed by atoms with E-state index in [1.807, 2.05) is 24.4 Å². The molecule has 2 aromatic heterocycles. The van der Waals surface area contributed by atoms with Crippen LogP contribution in [-0.2, 0) is 12.8 Å². The van der Waals surface area contributed by atoms with Crippen molar-refractivity contribution in [2.75, 3.05) is 6.54 Å². The number of hydrogen-bond acceptors (Lipinski definition) is 6. The Morgan fingerprint density at radius 2 is 1.97 bits per heavy atom. The maximum Gasteiger partial charge on any atom is 0.287 e. The SMILES string of the molecule is Cc1c(C(=O)NCCc2cccs2)oc2c1/C(=N/NC(=O)c1ccc(O)cc1)CCC2. The summed E-state index contributed by atoms with van der Waals surface area (Å²) in [7, 11) is 0. The number of benzene rings is 1. The summed E-state index contributed by atoms with van der Waals surface area (Å²) in [6.07, 6.45) is 3.01. The first-order valence-corrected chi connectivity index (χ1v) is 11.0. The molecule has 7 nitrogen and oxygen atoms in total. The number of furan rings is 1. The van der Waals surface area contributed by atoms with Gasteiger partial charge in [0.1, 0.15) is 11.5 Å². The maximum atomic E-state index is 12.7. The standard InChI is InChI=1S/C23H23N3O4S/c1-14-20-18(25-26-22(28)15-7-9-16(27)10-8-15)5-2-6-19(20)30-21(14)23(29)24-12-11-17-4-3-13-31-17/h3-4,7-10,13,27H,2,5-6,11-12H2,1H3,(H,24,29)(H,26,28)/b25-18+. The van der Waals surface area contributed by atoms with E-state index in [9.17, 15) is 14.7 Å². The third-order valence-corrected chi connectivity index (χ3v) is 6.13. The van der Waals surface area contributed by atoms with Crippen molar-refractivity contribution >= 4 is 28.9 Å². The first kappa shape index (κ1) is 20.9. The molecular formula is C23H23N3O4S. The van der Waals surface area contributed by atoms with Gasteiger partial charge in [-0.05, 0) is 61.9 Å². The molecule has 4 rings (SSSR count). The third-order valence-electron chi connectivity index (χ3n) is 5.19. The number of nitrogens with one attached hydrogen (secondary N) is 2. The summed E-state index contributed by atoms with van der Waals surface area (Å²) in [4.78, 5) is 26.2. The number of carbonyl (C=O) groups excluding carboxylic acids is 2. The van der Waals surface area contributed by atoms with Crippen LogP contribution in [0.1, 0.15) is 55.5 Å². The summed E-state index contributed by atoms with van der Waals surface area (Å²) >= 11 is 1.67. The van der Waals surface area contributed by atoms with E-state index in [-0.39, 0.29) is 17.6 Å². The van der Waals surface area contributed by atoms with Crippen LogP contribution in [0.4, 0.5) is 0 Å². The number of phenols is 1. The molecule has 0 saturated carbocycles. The van der Waals surface area contributed by atoms with Gasteiger partial charge in [0.15, 0.2) is 5.76 Å². The van der Waals surface area contributed by atoms with Gasteiger partial charge in [-0.15, -0.1) is 11.3 Å². The lowest BCUT2D eigenvalue weighted by Crippen LogP contribution is -2.26. The Balaban J connectivity index is 1.47. The van der Waals surface area contributed by atoms with Crippen molar-refractivity contribution in [3.05, 3.63) is 74.9 Å². The van der Waals surface area contributed by atoms with E-state index in [4.69, 9.17) is 4.42 Å². The quantitative estimate of drug-likeness (QED) is 0.510. The third kappa shape index (κ3) is 4.69. The molecule has 3 aromatic rings. The van der Waals surface area contributed by atoms with E-state index in [1.54, 1.807) is 11.3 Å². The molecular weight excluding hydrogens is 414 g/mol. The fourth-order valence-corrected chi connectivity index (χ4v) is 4.34. The van der Waals surface area contributed by atoms with Crippen LogP contribution in [-0.4, -0.2) is 29.2 Å². The second-order valence-electron chi connectivity index (χ2n) is 7.34. The molecule has 8 heteroatoms. The van der Waals surface area contributed by atoms with Crippen LogP contribution in [0.15, 0.2) is 51.3 Å². The predicted octanol–water partition coefficient (Wildman–Crippen LogP) is 3.80. The average molecular weight is 438 g/mol. The van der Waals surface area contributed by atoms with Crippen LogP contribution in [0, 0.1) is 6.92 Å². The van der Waals surface area contributed by atoms with E-state index in [0.29, 0.717) is 30.0 Å². The zero-order valence-electron chi connectivity index (χ0n) is 17.1. The molecule has 1 aliphatic rings. The Morgan fingerprint density at radius 3 is 2.71 bits per heavy atom. The molecule has 2 amide bonds. The van der Waals surface area contributed by atoms with Crippen LogP contribution in [0.5, 0.6) is 5.75 Å². The summed E-state index contributed by atoms with van der Waals surface area (Å²) in [5.74, 6) is 0.513. The number of amides is 2. The molecule has 0 atom stereocenters. The van der Waals surface area contributed by atoms with Gasteiger partial charge in [0.2, 0.25) is 0 Å². The Hall–Kier alpha value is -3.39. The number of carbonyl (C=O) groups is 2. The Morgan fingerprint density at radius 1 is 1.16 bits per heavy atom. The molecule has 1 aliphatic carbocycles. The normalized spacial score (nSPS) is 14.3. The minimum Gasteiger partial charge on any atom is -0.508 e. The number of aryl methyl sites for hydroxylation is 1. The lowest BCUT2D eigenvalue weighted by Gasteiger charge is -2.13. The van der Waals surface area contributed by atoms with Gasteiger partial charge in [-0.2, -0.15) is 5.10 Å². The number of aromatic hydroxyl groups is 1. The Labute approximate surface area is 183 Å². The van der Waals surface area contributed by atoms with E-state index in [1.165, 1.54) is 29.1 Å². The molecule has 0 spiro atoms. The van der Waals surface area contributed by atoms with Gasteiger partial charge in [-0.25, -0.2) is 5.43 Å². The van der Waals surface area contributed by atoms with E-state index >= 15 is 0 Å². The Bertz CT molecular complexity index is 1110. The van der Waals surface area contributed by atoms with E-state index in [0.717, 1.165) is 36.1 Å². The van der Waals surface area contributed by atoms with Crippen molar-refractivity contribution in [2.45, 2.75) is 32.6 Å². The fraction of sp³-hybridized carbons (Fsp3) is 0.261. The van der Waals surface area contributed by atoms with Gasteiger partial charge in [-0.3, -0.25) is 9.59 Å². The number of phenolic OH excluding ortho intramolecular Hbond substituents is 1. The summed E-state index contributed by atoms with van der Waals surface area (Å²) in [5.41, 5.74) is 5.21. The number of thiophene rings is 1. The summed E-state index contributed by atoms with van der Waals surface area (Å²) in [6.45, 7) is 2.38. The zero-order valence-corrected chi connectivity index (χ0v) is 17.9. The molecule has 0 fully saturated rings. The monoisotopic (exact) mass is 437 g/mol. The lowest BCUT2D eigenvalue weighted by molar-refractivity contribution is 0.0922. The molecule has 160 valence electrons. The number of hydrogen-bond donors (Lipinski definition) is 3. The second kappa shape index (κ2) is 9.18. The molecule has 0 unspecified atom stereocenters. The zero-order chi connectivity index (χ0) is 21.8. The fourth-order valence-electron chi connectivity index (χ4n) is 3.63. The predicted molar refractivity (Wildman–Crippen MR) is 119 cm³/mol. The molecule has 3 N–H and O–H groups in total. The van der Waals surface area contributed by atoms with Crippen LogP contribution in [0.25, 0.3) is 0 Å². The molecule has 0 bridgehead atoms. The molecule has 0 saturated heterocycles. The van der Waals surface area contributed by atoms with Crippen LogP contribution >= 0.6 is 11.3 Å². The highest BCUT2D eigenvalue weighted by Gasteiger charge is 2.28. The second-order valence-corrected chi connectivity index (χ2v) is 8.37. The first-order chi connectivity index (χ1) is 15.0. The van der Waals surface area contributed by atoms with E-state index in [2.05, 4.69) is 15.8 Å². The van der Waals surface area contributed by atoms with Gasteiger partial charge in [0.25, 0.3) is 11.8 Å². The van der Waals surface area contributed by atoms with Gasteiger partial charge in [0, 0.05) is 34.5 Å². The van der Waals surface area contributed by atoms with E-state index < -0.39 is 0 Å². The maximum absolute atomic E-state index is 12.7. The molecule has 2 heterocycles. The number of fused-ring (bicyclic) bond motifs is 1. The highest BCUT2D eigenvalue weighted by molar-refractivity contribution is 7.09. The first-order valence-electron chi connectivity index (χ1n) is 10.1.